The lowest BCUT2D eigenvalue weighted by Crippen LogP contribution is -2.35. The Labute approximate surface area is 180 Å². The van der Waals surface area contributed by atoms with Crippen LogP contribution in [0.15, 0.2) is 52.4 Å². The van der Waals surface area contributed by atoms with Gasteiger partial charge >= 0.3 is 0 Å². The van der Waals surface area contributed by atoms with Crippen molar-refractivity contribution in [1.82, 2.24) is 9.38 Å². The molecule has 3 aromatic rings. The van der Waals surface area contributed by atoms with Crippen LogP contribution in [0.3, 0.4) is 0 Å². The Balaban J connectivity index is 1.48. The van der Waals surface area contributed by atoms with E-state index < -0.39 is 11.6 Å². The third kappa shape index (κ3) is 5.19. The van der Waals surface area contributed by atoms with Crippen molar-refractivity contribution in [3.8, 4) is 11.5 Å². The van der Waals surface area contributed by atoms with Gasteiger partial charge in [-0.25, -0.2) is 8.78 Å². The number of anilines is 2. The summed E-state index contributed by atoms with van der Waals surface area (Å²) < 4.78 is 40.0. The summed E-state index contributed by atoms with van der Waals surface area (Å²) in [6, 6.07) is 9.62. The fourth-order valence-corrected chi connectivity index (χ4v) is 3.71. The lowest BCUT2D eigenvalue weighted by molar-refractivity contribution is 0.0393. The average molecular weight is 447 g/mol. The van der Waals surface area contributed by atoms with Crippen LogP contribution in [0.5, 0.6) is 11.5 Å². The van der Waals surface area contributed by atoms with Crippen molar-refractivity contribution in [2.24, 2.45) is 10.8 Å². The number of nitrogens with two attached hydrogens (primary N) is 1. The minimum Gasteiger partial charge on any atom is -0.457 e. The molecule has 1 saturated heterocycles. The lowest BCUT2D eigenvalue weighted by atomic mass is 10.2. The predicted molar refractivity (Wildman–Crippen MR) is 114 cm³/mol. The number of halogens is 2. The number of nitrogens with one attached hydrogen (secondary N) is 2. The maximum atomic E-state index is 13.3. The first-order valence-corrected chi connectivity index (χ1v) is 10.2. The molecule has 0 radical (unpaired) electrons. The summed E-state index contributed by atoms with van der Waals surface area (Å²) in [6.07, 6.45) is 0. The molecule has 1 aromatic heterocycles. The van der Waals surface area contributed by atoms with E-state index in [1.165, 1.54) is 0 Å². The minimum absolute atomic E-state index is 0.0523. The van der Waals surface area contributed by atoms with E-state index in [4.69, 9.17) is 15.2 Å². The lowest BCUT2D eigenvalue weighted by Gasteiger charge is -2.24. The number of aromatic amines is 1. The quantitative estimate of drug-likeness (QED) is 0.396. The molecule has 0 saturated carbocycles. The molecule has 31 heavy (non-hydrogen) atoms. The largest absolute Gasteiger partial charge is 0.457 e. The Kier molecular flexibility index (Phi) is 6.14. The molecule has 162 valence electrons. The van der Waals surface area contributed by atoms with E-state index in [0.29, 0.717) is 42.7 Å². The predicted octanol–water partition coefficient (Wildman–Crippen LogP) is 3.20. The molecule has 4 rings (SSSR count). The highest BCUT2D eigenvalue weighted by Crippen LogP contribution is 2.27. The number of aromatic nitrogens is 1. The molecule has 1 aliphatic heterocycles. The van der Waals surface area contributed by atoms with Crippen LogP contribution in [0.25, 0.3) is 0 Å². The zero-order valence-electron chi connectivity index (χ0n) is 16.2. The third-order valence-corrected chi connectivity index (χ3v) is 5.17. The van der Waals surface area contributed by atoms with Crippen molar-refractivity contribution in [1.29, 1.82) is 0 Å². The number of hydrogen-bond donors (Lipinski definition) is 3. The smallest absolute Gasteiger partial charge is 0.271 e. The first-order chi connectivity index (χ1) is 15.0. The summed E-state index contributed by atoms with van der Waals surface area (Å²) in [5, 5.41) is 9.74. The van der Waals surface area contributed by atoms with Crippen LogP contribution in [0.1, 0.15) is 5.56 Å². The molecular formula is C20H19F2N5O3S. The number of rotatable bonds is 6. The maximum Gasteiger partial charge on any atom is 0.271 e. The van der Waals surface area contributed by atoms with Crippen molar-refractivity contribution in [2.45, 2.75) is 0 Å². The van der Waals surface area contributed by atoms with Gasteiger partial charge in [0.1, 0.15) is 33.7 Å². The summed E-state index contributed by atoms with van der Waals surface area (Å²) >= 11 is 1.10. The number of amidine groups is 1. The maximum absolute atomic E-state index is 13.3. The average Bonchev–Trinajstić information content (AvgIpc) is 3.09. The number of morpholine rings is 1. The Bertz CT molecular complexity index is 1120. The van der Waals surface area contributed by atoms with Gasteiger partial charge in [0.2, 0.25) is 0 Å². The van der Waals surface area contributed by atoms with Gasteiger partial charge in [0.15, 0.2) is 5.84 Å². The van der Waals surface area contributed by atoms with Crippen LogP contribution in [-0.4, -0.2) is 41.5 Å². The fraction of sp³-hybridized carbons (Fsp3) is 0.200. The second-order valence-corrected chi connectivity index (χ2v) is 7.46. The van der Waals surface area contributed by atoms with Crippen molar-refractivity contribution in [2.75, 3.05) is 31.6 Å². The molecule has 0 atom stereocenters. The van der Waals surface area contributed by atoms with Gasteiger partial charge in [-0.2, -0.15) is 5.10 Å². The van der Waals surface area contributed by atoms with E-state index in [9.17, 15) is 13.6 Å². The Hall–Kier alpha value is -3.44. The van der Waals surface area contributed by atoms with E-state index >= 15 is 0 Å². The van der Waals surface area contributed by atoms with Crippen LogP contribution >= 0.6 is 11.5 Å². The van der Waals surface area contributed by atoms with Crippen molar-refractivity contribution < 1.29 is 18.3 Å². The van der Waals surface area contributed by atoms with Gasteiger partial charge in [0.25, 0.3) is 5.56 Å². The van der Waals surface area contributed by atoms with Gasteiger partial charge in [-0.05, 0) is 35.8 Å². The first kappa shape index (κ1) is 20.8. The van der Waals surface area contributed by atoms with Gasteiger partial charge in [-0.1, -0.05) is 0 Å². The van der Waals surface area contributed by atoms with Crippen molar-refractivity contribution in [3.05, 3.63) is 70.0 Å². The SMILES string of the molecule is NC(=NN1CCOCC1)c1c(Nc2ccc(Oc3cc(F)cc(F)c3)cc2)s[nH]c1=O. The van der Waals surface area contributed by atoms with Crippen LogP contribution in [-0.2, 0) is 4.74 Å². The van der Waals surface area contributed by atoms with Gasteiger partial charge in [-0.15, -0.1) is 0 Å². The first-order valence-electron chi connectivity index (χ1n) is 9.37. The number of benzene rings is 2. The van der Waals surface area contributed by atoms with Gasteiger partial charge in [0, 0.05) is 23.9 Å². The number of ether oxygens (including phenoxy) is 2. The van der Waals surface area contributed by atoms with Crippen LogP contribution in [0, 0.1) is 11.6 Å². The van der Waals surface area contributed by atoms with Gasteiger partial charge < -0.3 is 20.5 Å². The monoisotopic (exact) mass is 447 g/mol. The highest BCUT2D eigenvalue weighted by Gasteiger charge is 2.17. The minimum atomic E-state index is -0.723. The molecule has 0 unspecified atom stereocenters. The summed E-state index contributed by atoms with van der Waals surface area (Å²) in [6.45, 7) is 2.31. The van der Waals surface area contributed by atoms with Gasteiger partial charge in [0.05, 0.1) is 26.3 Å². The molecular weight excluding hydrogens is 428 g/mol. The van der Waals surface area contributed by atoms with E-state index in [0.717, 1.165) is 29.7 Å². The number of nitrogens with zero attached hydrogens (tertiary/aromatic N) is 2. The van der Waals surface area contributed by atoms with Crippen LogP contribution in [0.2, 0.25) is 0 Å². The van der Waals surface area contributed by atoms with Crippen LogP contribution < -0.4 is 21.3 Å². The summed E-state index contributed by atoms with van der Waals surface area (Å²) in [5.74, 6) is -0.887. The topological polar surface area (TPSA) is 105 Å². The molecule has 0 bridgehead atoms. The zero-order valence-corrected chi connectivity index (χ0v) is 17.0. The highest BCUT2D eigenvalue weighted by molar-refractivity contribution is 7.10. The molecule has 1 fully saturated rings. The zero-order chi connectivity index (χ0) is 21.8. The van der Waals surface area contributed by atoms with E-state index in [1.54, 1.807) is 29.3 Å². The molecule has 4 N–H and O–H groups in total. The number of hydrogen-bond acceptors (Lipinski definition) is 7. The second kappa shape index (κ2) is 9.14. The molecule has 2 aromatic carbocycles. The number of hydrazone groups is 1. The Morgan fingerprint density at radius 2 is 1.81 bits per heavy atom. The number of H-pyrrole nitrogens is 1. The molecule has 2 heterocycles. The second-order valence-electron chi connectivity index (χ2n) is 6.65. The fourth-order valence-electron chi connectivity index (χ4n) is 2.94. The highest BCUT2D eigenvalue weighted by atomic mass is 32.1. The molecule has 0 spiro atoms. The standard InChI is InChI=1S/C20H19F2N5O3S/c21-12-9-13(22)11-16(10-12)30-15-3-1-14(2-4-15)24-20-17(19(28)26-31-20)18(23)25-27-5-7-29-8-6-27/h1-4,9-11,24H,5-8H2,(H2,23,25)(H,26,28). The Morgan fingerprint density at radius 1 is 1.13 bits per heavy atom. The van der Waals surface area contributed by atoms with E-state index in [2.05, 4.69) is 14.8 Å². The molecule has 8 nitrogen and oxygen atoms in total. The molecule has 0 aliphatic carbocycles. The van der Waals surface area contributed by atoms with E-state index in [-0.39, 0.29) is 22.7 Å². The van der Waals surface area contributed by atoms with Crippen molar-refractivity contribution >= 4 is 28.1 Å². The third-order valence-electron chi connectivity index (χ3n) is 4.38. The summed E-state index contributed by atoms with van der Waals surface area (Å²) in [7, 11) is 0. The summed E-state index contributed by atoms with van der Waals surface area (Å²) in [4.78, 5) is 12.3. The molecule has 11 heteroatoms. The normalized spacial score (nSPS) is 14.5. The van der Waals surface area contributed by atoms with E-state index in [1.807, 2.05) is 0 Å². The summed E-state index contributed by atoms with van der Waals surface area (Å²) in [5.41, 5.74) is 6.67. The molecule has 0 amide bonds. The van der Waals surface area contributed by atoms with Gasteiger partial charge in [-0.3, -0.25) is 14.2 Å². The van der Waals surface area contributed by atoms with Crippen LogP contribution in [0.4, 0.5) is 19.5 Å². The van der Waals surface area contributed by atoms with Crippen molar-refractivity contribution in [3.63, 3.8) is 0 Å². The Morgan fingerprint density at radius 3 is 2.48 bits per heavy atom. The molecule has 1 aliphatic rings.